The second-order valence-corrected chi connectivity index (χ2v) is 10.3. The maximum atomic E-state index is 13.0. The number of piperidine rings is 1. The summed E-state index contributed by atoms with van der Waals surface area (Å²) in [7, 11) is -3.49. The Morgan fingerprint density at radius 3 is 2.44 bits per heavy atom. The number of sulfonamides is 1. The average molecular weight is 393 g/mol. The van der Waals surface area contributed by atoms with Crippen molar-refractivity contribution in [3.8, 4) is 0 Å². The van der Waals surface area contributed by atoms with Crippen LogP contribution in [0.2, 0.25) is 0 Å². The van der Waals surface area contributed by atoms with Crippen LogP contribution in [0.1, 0.15) is 56.6 Å². The van der Waals surface area contributed by atoms with Gasteiger partial charge >= 0.3 is 0 Å². The van der Waals surface area contributed by atoms with E-state index in [2.05, 4.69) is 12.2 Å². The predicted molar refractivity (Wildman–Crippen MR) is 107 cm³/mol. The van der Waals surface area contributed by atoms with Gasteiger partial charge in [-0.2, -0.15) is 4.31 Å². The number of hydrogen-bond donors (Lipinski definition) is 1. The zero-order valence-corrected chi connectivity index (χ0v) is 17.5. The van der Waals surface area contributed by atoms with Crippen molar-refractivity contribution >= 4 is 15.9 Å². The molecule has 27 heavy (non-hydrogen) atoms. The van der Waals surface area contributed by atoms with Gasteiger partial charge in [0.25, 0.3) is 0 Å². The zero-order valence-electron chi connectivity index (χ0n) is 16.7. The Morgan fingerprint density at radius 2 is 1.81 bits per heavy atom. The molecule has 3 rings (SSSR count). The van der Waals surface area contributed by atoms with E-state index in [0.717, 1.165) is 24.0 Å². The molecule has 0 radical (unpaired) electrons. The van der Waals surface area contributed by atoms with Crippen molar-refractivity contribution in [3.05, 3.63) is 29.3 Å². The number of aryl methyl sites for hydroxylation is 2. The summed E-state index contributed by atoms with van der Waals surface area (Å²) < 4.78 is 27.5. The third-order valence-corrected chi connectivity index (χ3v) is 8.11. The highest BCUT2D eigenvalue weighted by Crippen LogP contribution is 2.28. The van der Waals surface area contributed by atoms with Gasteiger partial charge in [0.05, 0.1) is 4.90 Å². The highest BCUT2D eigenvalue weighted by atomic mass is 32.2. The number of nitrogens with zero attached hydrogens (tertiary/aromatic N) is 1. The van der Waals surface area contributed by atoms with Gasteiger partial charge in [0, 0.05) is 25.0 Å². The Labute approximate surface area is 163 Å². The van der Waals surface area contributed by atoms with Gasteiger partial charge in [-0.15, -0.1) is 0 Å². The minimum atomic E-state index is -3.49. The van der Waals surface area contributed by atoms with E-state index in [1.165, 1.54) is 17.1 Å². The normalized spacial score (nSPS) is 25.3. The van der Waals surface area contributed by atoms with Gasteiger partial charge in [0.15, 0.2) is 0 Å². The molecule has 1 saturated carbocycles. The Kier molecular flexibility index (Phi) is 6.26. The monoisotopic (exact) mass is 392 g/mol. The smallest absolute Gasteiger partial charge is 0.243 e. The first kappa shape index (κ1) is 20.3. The quantitative estimate of drug-likeness (QED) is 0.854. The molecule has 1 saturated heterocycles. The molecule has 1 N–H and O–H groups in total. The van der Waals surface area contributed by atoms with E-state index in [1.807, 2.05) is 26.0 Å². The molecule has 2 atom stereocenters. The molecule has 1 aromatic rings. The molecule has 2 fully saturated rings. The lowest BCUT2D eigenvalue weighted by atomic mass is 9.86. The SMILES string of the molecule is Cc1ccc(S(=O)(=O)N2CCC(C(=O)NC3CCCC(C)C3)CC2)c(C)c1. The van der Waals surface area contributed by atoms with Crippen molar-refractivity contribution < 1.29 is 13.2 Å². The average Bonchev–Trinajstić information content (AvgIpc) is 2.61. The summed E-state index contributed by atoms with van der Waals surface area (Å²) in [5, 5.41) is 3.21. The maximum Gasteiger partial charge on any atom is 0.243 e. The van der Waals surface area contributed by atoms with E-state index in [-0.39, 0.29) is 11.8 Å². The van der Waals surface area contributed by atoms with Crippen LogP contribution < -0.4 is 5.32 Å². The van der Waals surface area contributed by atoms with Crippen LogP contribution in [0.5, 0.6) is 0 Å². The summed E-state index contributed by atoms with van der Waals surface area (Å²) in [6.45, 7) is 6.87. The molecule has 2 aliphatic rings. The van der Waals surface area contributed by atoms with E-state index < -0.39 is 10.0 Å². The van der Waals surface area contributed by atoms with Gasteiger partial charge in [-0.25, -0.2) is 8.42 Å². The van der Waals surface area contributed by atoms with E-state index >= 15 is 0 Å². The van der Waals surface area contributed by atoms with Crippen LogP contribution in [0.25, 0.3) is 0 Å². The van der Waals surface area contributed by atoms with E-state index in [1.54, 1.807) is 6.07 Å². The Hall–Kier alpha value is -1.40. The van der Waals surface area contributed by atoms with Crippen molar-refractivity contribution in [3.63, 3.8) is 0 Å². The zero-order chi connectivity index (χ0) is 19.6. The number of carbonyl (C=O) groups excluding carboxylic acids is 1. The van der Waals surface area contributed by atoms with Crippen LogP contribution in [0.15, 0.2) is 23.1 Å². The standard InChI is InChI=1S/C21H32N2O3S/c1-15-5-4-6-19(14-15)22-21(24)18-9-11-23(12-10-18)27(25,26)20-8-7-16(2)13-17(20)3/h7-8,13,15,18-19H,4-6,9-12,14H2,1-3H3,(H,22,24). The number of carbonyl (C=O) groups is 1. The number of rotatable bonds is 4. The lowest BCUT2D eigenvalue weighted by Gasteiger charge is -2.33. The third kappa shape index (κ3) is 4.72. The van der Waals surface area contributed by atoms with Gasteiger partial charge in [-0.3, -0.25) is 4.79 Å². The fourth-order valence-electron chi connectivity index (χ4n) is 4.47. The molecule has 0 aromatic heterocycles. The maximum absolute atomic E-state index is 13.0. The molecule has 0 spiro atoms. The van der Waals surface area contributed by atoms with Crippen LogP contribution in [-0.2, 0) is 14.8 Å². The summed E-state index contributed by atoms with van der Waals surface area (Å²) in [5.41, 5.74) is 1.83. The van der Waals surface area contributed by atoms with Gasteiger partial charge < -0.3 is 5.32 Å². The first-order valence-electron chi connectivity index (χ1n) is 10.1. The van der Waals surface area contributed by atoms with Crippen molar-refractivity contribution in [2.24, 2.45) is 11.8 Å². The predicted octanol–water partition coefficient (Wildman–Crippen LogP) is 3.40. The largest absolute Gasteiger partial charge is 0.353 e. The van der Waals surface area contributed by atoms with Crippen molar-refractivity contribution in [1.82, 2.24) is 9.62 Å². The summed E-state index contributed by atoms with van der Waals surface area (Å²) >= 11 is 0. The second-order valence-electron chi connectivity index (χ2n) is 8.42. The molecule has 1 aliphatic carbocycles. The minimum Gasteiger partial charge on any atom is -0.353 e. The van der Waals surface area contributed by atoms with Crippen LogP contribution >= 0.6 is 0 Å². The van der Waals surface area contributed by atoms with Gasteiger partial charge in [-0.05, 0) is 57.1 Å². The summed E-state index contributed by atoms with van der Waals surface area (Å²) in [5.74, 6) is 0.708. The summed E-state index contributed by atoms with van der Waals surface area (Å²) in [6, 6.07) is 5.73. The van der Waals surface area contributed by atoms with Crippen molar-refractivity contribution in [2.45, 2.75) is 70.2 Å². The summed E-state index contributed by atoms with van der Waals surface area (Å²) in [6.07, 6.45) is 5.75. The highest BCUT2D eigenvalue weighted by molar-refractivity contribution is 7.89. The molecule has 2 unspecified atom stereocenters. The summed E-state index contributed by atoms with van der Waals surface area (Å²) in [4.78, 5) is 13.0. The molecule has 150 valence electrons. The van der Waals surface area contributed by atoms with Gasteiger partial charge in [0.1, 0.15) is 0 Å². The third-order valence-electron chi connectivity index (χ3n) is 6.06. The Balaban J connectivity index is 1.58. The van der Waals surface area contributed by atoms with Crippen molar-refractivity contribution in [1.29, 1.82) is 0 Å². The minimum absolute atomic E-state index is 0.0761. The number of hydrogen-bond acceptors (Lipinski definition) is 3. The van der Waals surface area contributed by atoms with E-state index in [0.29, 0.717) is 42.8 Å². The first-order chi connectivity index (χ1) is 12.8. The van der Waals surface area contributed by atoms with Crippen LogP contribution in [0.3, 0.4) is 0 Å². The van der Waals surface area contributed by atoms with Crippen molar-refractivity contribution in [2.75, 3.05) is 13.1 Å². The molecule has 1 heterocycles. The molecule has 5 nitrogen and oxygen atoms in total. The lowest BCUT2D eigenvalue weighted by Crippen LogP contribution is -2.46. The molecular weight excluding hydrogens is 360 g/mol. The number of amides is 1. The van der Waals surface area contributed by atoms with Crippen LogP contribution in [-0.4, -0.2) is 37.8 Å². The highest BCUT2D eigenvalue weighted by Gasteiger charge is 2.33. The Bertz CT molecular complexity index is 783. The molecule has 1 amide bonds. The second kappa shape index (κ2) is 8.31. The fourth-order valence-corrected chi connectivity index (χ4v) is 6.15. The van der Waals surface area contributed by atoms with Crippen LogP contribution in [0, 0.1) is 25.7 Å². The number of benzene rings is 1. The van der Waals surface area contributed by atoms with Crippen LogP contribution in [0.4, 0.5) is 0 Å². The molecular formula is C21H32N2O3S. The van der Waals surface area contributed by atoms with E-state index in [9.17, 15) is 13.2 Å². The van der Waals surface area contributed by atoms with E-state index in [4.69, 9.17) is 0 Å². The fraction of sp³-hybridized carbons (Fsp3) is 0.667. The topological polar surface area (TPSA) is 66.5 Å². The van der Waals surface area contributed by atoms with Gasteiger partial charge in [-0.1, -0.05) is 37.5 Å². The molecule has 1 aliphatic heterocycles. The molecule has 6 heteroatoms. The van der Waals surface area contributed by atoms with Gasteiger partial charge in [0.2, 0.25) is 15.9 Å². The number of nitrogens with one attached hydrogen (secondary N) is 1. The molecule has 1 aromatic carbocycles. The Morgan fingerprint density at radius 1 is 1.11 bits per heavy atom. The first-order valence-corrected chi connectivity index (χ1v) is 11.6. The lowest BCUT2D eigenvalue weighted by molar-refractivity contribution is -0.127. The molecule has 0 bridgehead atoms.